The van der Waals surface area contributed by atoms with Crippen molar-refractivity contribution < 1.29 is 14.6 Å². The first-order chi connectivity index (χ1) is 10.1. The third-order valence-corrected chi connectivity index (χ3v) is 4.66. The van der Waals surface area contributed by atoms with Crippen molar-refractivity contribution in [1.29, 1.82) is 0 Å². The van der Waals surface area contributed by atoms with Crippen molar-refractivity contribution in [2.75, 3.05) is 20.2 Å². The number of benzene rings is 1. The van der Waals surface area contributed by atoms with Gasteiger partial charge >= 0.3 is 0 Å². The zero-order chi connectivity index (χ0) is 15.0. The van der Waals surface area contributed by atoms with E-state index in [0.717, 1.165) is 37.2 Å². The largest absolute Gasteiger partial charge is 0.497 e. The Morgan fingerprint density at radius 2 is 1.95 bits per heavy atom. The number of nitrogens with zero attached hydrogens (tertiary/aromatic N) is 1. The van der Waals surface area contributed by atoms with Crippen LogP contribution in [-0.4, -0.2) is 48.5 Å². The summed E-state index contributed by atoms with van der Waals surface area (Å²) >= 11 is 0. The van der Waals surface area contributed by atoms with Gasteiger partial charge in [-0.25, -0.2) is 0 Å². The monoisotopic (exact) mass is 291 g/mol. The lowest BCUT2D eigenvalue weighted by Crippen LogP contribution is -2.52. The second kappa shape index (κ2) is 5.95. The first-order valence-electron chi connectivity index (χ1n) is 7.83. The van der Waals surface area contributed by atoms with Crippen molar-refractivity contribution in [1.82, 2.24) is 4.90 Å². The second-order valence-corrected chi connectivity index (χ2v) is 6.33. The van der Waals surface area contributed by atoms with Gasteiger partial charge in [0.1, 0.15) is 5.75 Å². The fourth-order valence-electron chi connectivity index (χ4n) is 3.75. The minimum Gasteiger partial charge on any atom is -0.497 e. The van der Waals surface area contributed by atoms with E-state index in [9.17, 15) is 5.11 Å². The third kappa shape index (κ3) is 2.93. The minimum atomic E-state index is -0.419. The molecule has 0 radical (unpaired) electrons. The molecule has 0 amide bonds. The SMILES string of the molecule is COc1ccc2c(c1)CCC(N1CC(C)OC(C)C1)C2O. The molecule has 116 valence electrons. The topological polar surface area (TPSA) is 41.9 Å². The van der Waals surface area contributed by atoms with Crippen LogP contribution in [0.15, 0.2) is 18.2 Å². The van der Waals surface area contributed by atoms with Crippen LogP contribution in [0.5, 0.6) is 5.75 Å². The van der Waals surface area contributed by atoms with Gasteiger partial charge in [-0.3, -0.25) is 4.90 Å². The van der Waals surface area contributed by atoms with E-state index in [1.54, 1.807) is 7.11 Å². The summed E-state index contributed by atoms with van der Waals surface area (Å²) < 4.78 is 11.1. The molecule has 1 saturated heterocycles. The number of aryl methyl sites for hydroxylation is 1. The Bertz CT molecular complexity index is 495. The van der Waals surface area contributed by atoms with Gasteiger partial charge in [-0.05, 0) is 49.9 Å². The quantitative estimate of drug-likeness (QED) is 0.906. The first kappa shape index (κ1) is 14.8. The number of morpholine rings is 1. The third-order valence-electron chi connectivity index (χ3n) is 4.66. The molecule has 4 unspecified atom stereocenters. The molecular weight excluding hydrogens is 266 g/mol. The maximum absolute atomic E-state index is 10.8. The highest BCUT2D eigenvalue weighted by molar-refractivity contribution is 5.39. The number of hydrogen-bond acceptors (Lipinski definition) is 4. The van der Waals surface area contributed by atoms with E-state index in [2.05, 4.69) is 24.8 Å². The van der Waals surface area contributed by atoms with Crippen LogP contribution >= 0.6 is 0 Å². The fraction of sp³-hybridized carbons (Fsp3) is 0.647. The van der Waals surface area contributed by atoms with Crippen LogP contribution in [0.2, 0.25) is 0 Å². The van der Waals surface area contributed by atoms with Crippen LogP contribution in [0.1, 0.15) is 37.5 Å². The van der Waals surface area contributed by atoms with Gasteiger partial charge in [-0.15, -0.1) is 0 Å². The van der Waals surface area contributed by atoms with E-state index in [4.69, 9.17) is 9.47 Å². The molecule has 1 aromatic rings. The highest BCUT2D eigenvalue weighted by Gasteiger charge is 2.35. The molecule has 1 aromatic carbocycles. The predicted octanol–water partition coefficient (Wildman–Crippen LogP) is 2.15. The van der Waals surface area contributed by atoms with Crippen molar-refractivity contribution >= 4 is 0 Å². The lowest BCUT2D eigenvalue weighted by atomic mass is 9.84. The highest BCUT2D eigenvalue weighted by atomic mass is 16.5. The summed E-state index contributed by atoms with van der Waals surface area (Å²) in [5.74, 6) is 0.869. The summed E-state index contributed by atoms with van der Waals surface area (Å²) in [6.45, 7) is 6.02. The predicted molar refractivity (Wildman–Crippen MR) is 81.6 cm³/mol. The molecule has 1 heterocycles. The van der Waals surface area contributed by atoms with Gasteiger partial charge in [0.15, 0.2) is 0 Å². The average Bonchev–Trinajstić information content (AvgIpc) is 2.46. The standard InChI is InChI=1S/C17H25NO3/c1-11-9-18(10-12(2)21-11)16-7-4-13-8-14(20-3)5-6-15(13)17(16)19/h5-6,8,11-12,16-17,19H,4,7,9-10H2,1-3H3. The van der Waals surface area contributed by atoms with Crippen molar-refractivity contribution in [3.63, 3.8) is 0 Å². The molecule has 1 N–H and O–H groups in total. The number of hydrogen-bond donors (Lipinski definition) is 1. The minimum absolute atomic E-state index is 0.194. The zero-order valence-electron chi connectivity index (χ0n) is 13.1. The normalized spacial score (nSPS) is 33.5. The smallest absolute Gasteiger partial charge is 0.119 e. The summed E-state index contributed by atoms with van der Waals surface area (Å²) in [5.41, 5.74) is 2.27. The molecule has 4 nitrogen and oxygen atoms in total. The van der Waals surface area contributed by atoms with Crippen molar-refractivity contribution in [2.24, 2.45) is 0 Å². The van der Waals surface area contributed by atoms with E-state index < -0.39 is 6.10 Å². The van der Waals surface area contributed by atoms with Gasteiger partial charge in [0.2, 0.25) is 0 Å². The Kier molecular flexibility index (Phi) is 4.20. The number of aliphatic hydroxyl groups is 1. The number of methoxy groups -OCH3 is 1. The average molecular weight is 291 g/mol. The van der Waals surface area contributed by atoms with Gasteiger partial charge in [-0.1, -0.05) is 6.07 Å². The Morgan fingerprint density at radius 3 is 2.62 bits per heavy atom. The molecule has 4 heteroatoms. The number of ether oxygens (including phenoxy) is 2. The van der Waals surface area contributed by atoms with Crippen molar-refractivity contribution in [2.45, 2.75) is 51.0 Å². The number of aliphatic hydroxyl groups excluding tert-OH is 1. The van der Waals surface area contributed by atoms with Gasteiger partial charge in [0.25, 0.3) is 0 Å². The molecule has 0 aromatic heterocycles. The second-order valence-electron chi connectivity index (χ2n) is 6.33. The van der Waals surface area contributed by atoms with Gasteiger partial charge in [0, 0.05) is 19.1 Å². The lowest BCUT2D eigenvalue weighted by molar-refractivity contribution is -0.0989. The van der Waals surface area contributed by atoms with E-state index in [1.807, 2.05) is 12.1 Å². The van der Waals surface area contributed by atoms with E-state index in [-0.39, 0.29) is 18.2 Å². The van der Waals surface area contributed by atoms with Gasteiger partial charge in [-0.2, -0.15) is 0 Å². The van der Waals surface area contributed by atoms with Crippen molar-refractivity contribution in [3.05, 3.63) is 29.3 Å². The molecule has 3 rings (SSSR count). The Morgan fingerprint density at radius 1 is 1.24 bits per heavy atom. The molecule has 21 heavy (non-hydrogen) atoms. The lowest BCUT2D eigenvalue weighted by Gasteiger charge is -2.44. The maximum Gasteiger partial charge on any atom is 0.119 e. The van der Waals surface area contributed by atoms with Crippen LogP contribution in [-0.2, 0) is 11.2 Å². The molecule has 1 aliphatic heterocycles. The Labute approximate surface area is 126 Å². The summed E-state index contributed by atoms with van der Waals surface area (Å²) in [7, 11) is 1.68. The molecular formula is C17H25NO3. The van der Waals surface area contributed by atoms with Crippen LogP contribution in [0.4, 0.5) is 0 Å². The van der Waals surface area contributed by atoms with Crippen LogP contribution < -0.4 is 4.74 Å². The molecule has 4 atom stereocenters. The first-order valence-corrected chi connectivity index (χ1v) is 7.83. The van der Waals surface area contributed by atoms with Crippen LogP contribution in [0.25, 0.3) is 0 Å². The summed E-state index contributed by atoms with van der Waals surface area (Å²) in [4.78, 5) is 2.40. The van der Waals surface area contributed by atoms with Crippen LogP contribution in [0.3, 0.4) is 0 Å². The molecule has 1 fully saturated rings. The summed E-state index contributed by atoms with van der Waals surface area (Å²) in [6, 6.07) is 6.20. The molecule has 0 bridgehead atoms. The summed E-state index contributed by atoms with van der Waals surface area (Å²) in [5, 5.41) is 10.8. The van der Waals surface area contributed by atoms with Crippen LogP contribution in [0, 0.1) is 0 Å². The van der Waals surface area contributed by atoms with E-state index in [0.29, 0.717) is 0 Å². The zero-order valence-corrected chi connectivity index (χ0v) is 13.1. The van der Waals surface area contributed by atoms with E-state index >= 15 is 0 Å². The molecule has 1 aliphatic carbocycles. The van der Waals surface area contributed by atoms with Gasteiger partial charge < -0.3 is 14.6 Å². The fourth-order valence-corrected chi connectivity index (χ4v) is 3.75. The maximum atomic E-state index is 10.8. The van der Waals surface area contributed by atoms with E-state index in [1.165, 1.54) is 5.56 Å². The Balaban J connectivity index is 1.80. The number of rotatable bonds is 2. The number of fused-ring (bicyclic) bond motifs is 1. The molecule has 0 saturated carbocycles. The highest BCUT2D eigenvalue weighted by Crippen LogP contribution is 2.35. The summed E-state index contributed by atoms with van der Waals surface area (Å²) in [6.07, 6.45) is 2.03. The molecule has 2 aliphatic rings. The molecule has 0 spiro atoms. The Hall–Kier alpha value is -1.10. The van der Waals surface area contributed by atoms with Crippen molar-refractivity contribution in [3.8, 4) is 5.75 Å². The van der Waals surface area contributed by atoms with Gasteiger partial charge in [0.05, 0.1) is 25.4 Å².